The summed E-state index contributed by atoms with van der Waals surface area (Å²) in [7, 11) is -10.1. The third-order valence-electron chi connectivity index (χ3n) is 0.441. The molecular formula is C4H11ClO7P2. The fourth-order valence-electron chi connectivity index (χ4n) is 0.139. The van der Waals surface area contributed by atoms with Gasteiger partial charge in [0.2, 0.25) is 0 Å². The first kappa shape index (κ1) is 16.7. The Morgan fingerprint density at radius 2 is 1.50 bits per heavy atom. The zero-order chi connectivity index (χ0) is 12.0. The van der Waals surface area contributed by atoms with Crippen molar-refractivity contribution in [2.75, 3.05) is 5.88 Å². The Morgan fingerprint density at radius 3 is 1.50 bits per heavy atom. The quantitative estimate of drug-likeness (QED) is 0.342. The van der Waals surface area contributed by atoms with Crippen LogP contribution in [0.25, 0.3) is 0 Å². The normalized spacial score (nSPS) is 11.6. The van der Waals surface area contributed by atoms with Crippen LogP contribution in [0.5, 0.6) is 0 Å². The number of halogens is 1. The van der Waals surface area contributed by atoms with Crippen LogP contribution in [0, 0.1) is 0 Å². The van der Waals surface area contributed by atoms with Crippen LogP contribution in [0.15, 0.2) is 12.2 Å². The predicted molar refractivity (Wildman–Crippen MR) is 50.7 cm³/mol. The standard InChI is InChI=1S/C4H7Cl.H4O7P2/c1-4(2)3-5;1-8(2,3)7-9(4,5)6/h1,3H2,2H3;(H2,1,2,3)(H2,4,5,6). The molecule has 0 amide bonds. The molecule has 0 saturated heterocycles. The van der Waals surface area contributed by atoms with Crippen LogP contribution in [0.3, 0.4) is 0 Å². The summed E-state index contributed by atoms with van der Waals surface area (Å²) in [4.78, 5) is 31.0. The Balaban J connectivity index is 0. The SMILES string of the molecule is C=C(C)CCl.O=P(O)(O)OP(=O)(O)O. The molecular weight excluding hydrogens is 257 g/mol. The molecule has 4 N–H and O–H groups in total. The van der Waals surface area contributed by atoms with Gasteiger partial charge in [-0.1, -0.05) is 12.2 Å². The van der Waals surface area contributed by atoms with Crippen molar-refractivity contribution in [1.82, 2.24) is 0 Å². The van der Waals surface area contributed by atoms with E-state index in [4.69, 9.17) is 31.2 Å². The number of alkyl halides is 1. The van der Waals surface area contributed by atoms with Crippen molar-refractivity contribution >= 4 is 27.2 Å². The Morgan fingerprint density at radius 1 is 1.29 bits per heavy atom. The van der Waals surface area contributed by atoms with Crippen molar-refractivity contribution in [3.05, 3.63) is 12.2 Å². The van der Waals surface area contributed by atoms with Crippen LogP contribution in [0.4, 0.5) is 0 Å². The summed E-state index contributed by atoms with van der Waals surface area (Å²) in [5.41, 5.74) is 1.02. The van der Waals surface area contributed by atoms with E-state index in [0.29, 0.717) is 5.88 Å². The lowest BCUT2D eigenvalue weighted by molar-refractivity contribution is 0.225. The van der Waals surface area contributed by atoms with Crippen LogP contribution in [-0.2, 0) is 13.4 Å². The van der Waals surface area contributed by atoms with Crippen LogP contribution in [0.2, 0.25) is 0 Å². The Kier molecular flexibility index (Phi) is 8.01. The topological polar surface area (TPSA) is 124 Å². The molecule has 0 bridgehead atoms. The molecule has 0 spiro atoms. The number of allylic oxidation sites excluding steroid dienone is 1. The summed E-state index contributed by atoms with van der Waals surface area (Å²) in [5, 5.41) is 0. The molecule has 0 rings (SSSR count). The van der Waals surface area contributed by atoms with Gasteiger partial charge in [-0.15, -0.1) is 11.6 Å². The van der Waals surface area contributed by atoms with Gasteiger partial charge in [-0.2, -0.15) is 4.31 Å². The van der Waals surface area contributed by atoms with Crippen LogP contribution >= 0.6 is 27.2 Å². The summed E-state index contributed by atoms with van der Waals surface area (Å²) in [6.07, 6.45) is 0. The second-order valence-corrected chi connectivity index (χ2v) is 5.04. The predicted octanol–water partition coefficient (Wildman–Crippen LogP) is 0.990. The summed E-state index contributed by atoms with van der Waals surface area (Å²) in [5.74, 6) is 0.583. The van der Waals surface area contributed by atoms with E-state index in [1.165, 1.54) is 0 Å². The minimum atomic E-state index is -5.05. The first-order valence-corrected chi connectivity index (χ1v) is 6.60. The minimum absolute atomic E-state index is 0.583. The third kappa shape index (κ3) is 22.8. The van der Waals surface area contributed by atoms with Gasteiger partial charge in [0, 0.05) is 5.88 Å². The molecule has 0 aliphatic carbocycles. The molecule has 7 nitrogen and oxygen atoms in total. The fraction of sp³-hybridized carbons (Fsp3) is 0.500. The van der Waals surface area contributed by atoms with Crippen molar-refractivity contribution in [3.8, 4) is 0 Å². The highest BCUT2D eigenvalue weighted by molar-refractivity contribution is 7.60. The van der Waals surface area contributed by atoms with E-state index in [9.17, 15) is 9.13 Å². The third-order valence-corrected chi connectivity index (χ3v) is 2.60. The molecule has 0 saturated carbocycles. The molecule has 0 aliphatic rings. The average Bonchev–Trinajstić information content (AvgIpc) is 1.80. The van der Waals surface area contributed by atoms with Gasteiger partial charge in [-0.25, -0.2) is 9.13 Å². The van der Waals surface area contributed by atoms with Gasteiger partial charge >= 0.3 is 15.6 Å². The van der Waals surface area contributed by atoms with Gasteiger partial charge in [0.05, 0.1) is 0 Å². The zero-order valence-corrected chi connectivity index (χ0v) is 9.74. The molecule has 0 unspecified atom stereocenters. The average molecular weight is 269 g/mol. The maximum Gasteiger partial charge on any atom is 0.478 e. The van der Waals surface area contributed by atoms with E-state index in [-0.39, 0.29) is 0 Å². The van der Waals surface area contributed by atoms with E-state index in [0.717, 1.165) is 5.57 Å². The highest BCUT2D eigenvalue weighted by atomic mass is 35.5. The Hall–Kier alpha value is 0.290. The lowest BCUT2D eigenvalue weighted by Gasteiger charge is -2.03. The van der Waals surface area contributed by atoms with E-state index in [2.05, 4.69) is 10.9 Å². The summed E-state index contributed by atoms with van der Waals surface area (Å²) < 4.78 is 22.2. The fourth-order valence-corrected chi connectivity index (χ4v) is 1.25. The summed E-state index contributed by atoms with van der Waals surface area (Å²) in [6, 6.07) is 0. The molecule has 0 atom stereocenters. The zero-order valence-electron chi connectivity index (χ0n) is 7.20. The molecule has 0 fully saturated rings. The van der Waals surface area contributed by atoms with E-state index < -0.39 is 15.6 Å². The maximum absolute atomic E-state index is 9.63. The monoisotopic (exact) mass is 268 g/mol. The van der Waals surface area contributed by atoms with E-state index >= 15 is 0 Å². The summed E-state index contributed by atoms with van der Waals surface area (Å²) in [6.45, 7) is 5.44. The first-order chi connectivity index (χ1) is 5.98. The molecule has 0 aromatic carbocycles. The highest BCUT2D eigenvalue weighted by Crippen LogP contribution is 2.53. The smallest absolute Gasteiger partial charge is 0.302 e. The molecule has 10 heteroatoms. The number of hydrogen-bond donors (Lipinski definition) is 4. The van der Waals surface area contributed by atoms with Gasteiger partial charge < -0.3 is 19.6 Å². The van der Waals surface area contributed by atoms with Gasteiger partial charge in [-0.05, 0) is 6.92 Å². The lowest BCUT2D eigenvalue weighted by Crippen LogP contribution is -1.84. The molecule has 0 aromatic heterocycles. The van der Waals surface area contributed by atoms with Gasteiger partial charge in [-0.3, -0.25) is 0 Å². The second-order valence-electron chi connectivity index (χ2n) is 2.15. The lowest BCUT2D eigenvalue weighted by atomic mass is 10.4. The van der Waals surface area contributed by atoms with Crippen LogP contribution in [0.1, 0.15) is 6.92 Å². The number of hydrogen-bond acceptors (Lipinski definition) is 3. The molecule has 0 radical (unpaired) electrons. The summed E-state index contributed by atoms with van der Waals surface area (Å²) >= 11 is 5.24. The highest BCUT2D eigenvalue weighted by Gasteiger charge is 2.27. The van der Waals surface area contributed by atoms with Gasteiger partial charge in [0.1, 0.15) is 0 Å². The molecule has 14 heavy (non-hydrogen) atoms. The molecule has 0 aromatic rings. The number of rotatable bonds is 3. The first-order valence-electron chi connectivity index (χ1n) is 3.00. The van der Waals surface area contributed by atoms with Crippen molar-refractivity contribution < 1.29 is 33.0 Å². The molecule has 86 valence electrons. The van der Waals surface area contributed by atoms with Crippen LogP contribution in [-0.4, -0.2) is 25.5 Å². The molecule has 0 aliphatic heterocycles. The molecule has 0 heterocycles. The Labute approximate surface area is 85.8 Å². The van der Waals surface area contributed by atoms with Crippen molar-refractivity contribution in [2.24, 2.45) is 0 Å². The van der Waals surface area contributed by atoms with E-state index in [1.54, 1.807) is 0 Å². The van der Waals surface area contributed by atoms with E-state index in [1.807, 2.05) is 6.92 Å². The van der Waals surface area contributed by atoms with Crippen molar-refractivity contribution in [1.29, 1.82) is 0 Å². The maximum atomic E-state index is 9.63. The Bertz CT molecular complexity index is 245. The van der Waals surface area contributed by atoms with Crippen molar-refractivity contribution in [3.63, 3.8) is 0 Å². The number of phosphoric acid groups is 2. The van der Waals surface area contributed by atoms with Crippen LogP contribution < -0.4 is 0 Å². The largest absolute Gasteiger partial charge is 0.478 e. The minimum Gasteiger partial charge on any atom is -0.302 e. The van der Waals surface area contributed by atoms with Crippen molar-refractivity contribution in [2.45, 2.75) is 6.92 Å². The van der Waals surface area contributed by atoms with Gasteiger partial charge in [0.25, 0.3) is 0 Å². The van der Waals surface area contributed by atoms with Gasteiger partial charge in [0.15, 0.2) is 0 Å². The second kappa shape index (κ2) is 6.71.